The van der Waals surface area contributed by atoms with E-state index < -0.39 is 0 Å². The fraction of sp³-hybridized carbons (Fsp3) is 0.464. The van der Waals surface area contributed by atoms with Gasteiger partial charge >= 0.3 is 0 Å². The van der Waals surface area contributed by atoms with E-state index in [4.69, 9.17) is 0 Å². The molecule has 1 aliphatic heterocycles. The lowest BCUT2D eigenvalue weighted by Gasteiger charge is -2.46. The third-order valence-corrected chi connectivity index (χ3v) is 6.74. The number of hydrogen-bond acceptors (Lipinski definition) is 4. The van der Waals surface area contributed by atoms with Gasteiger partial charge < -0.3 is 9.88 Å². The average molecular weight is 445 g/mol. The van der Waals surface area contributed by atoms with Gasteiger partial charge in [0.1, 0.15) is 0 Å². The minimum atomic E-state index is -0.00713. The highest BCUT2D eigenvalue weighted by Crippen LogP contribution is 2.35. The van der Waals surface area contributed by atoms with Crippen molar-refractivity contribution in [2.24, 2.45) is 13.0 Å². The van der Waals surface area contributed by atoms with Crippen LogP contribution in [0.2, 0.25) is 0 Å². The van der Waals surface area contributed by atoms with Crippen molar-refractivity contribution >= 4 is 0 Å². The molecule has 0 unspecified atom stereocenters. The number of aryl methyl sites for hydroxylation is 3. The largest absolute Gasteiger partial charge is 0.319 e. The molecule has 3 heterocycles. The van der Waals surface area contributed by atoms with Crippen molar-refractivity contribution in [2.45, 2.75) is 71.4 Å². The normalized spacial score (nSPS) is 17.8. The summed E-state index contributed by atoms with van der Waals surface area (Å²) in [6, 6.07) is 14.1. The molecule has 0 aliphatic carbocycles. The highest BCUT2D eigenvalue weighted by molar-refractivity contribution is 5.71. The predicted octanol–water partition coefficient (Wildman–Crippen LogP) is 5.31. The second-order valence-electron chi connectivity index (χ2n) is 11.0. The van der Waals surface area contributed by atoms with Gasteiger partial charge in [-0.1, -0.05) is 18.2 Å². The van der Waals surface area contributed by atoms with Crippen LogP contribution < -0.4 is 10.9 Å². The number of hydrogen-bond donors (Lipinski definition) is 1. The van der Waals surface area contributed by atoms with Crippen LogP contribution in [0, 0.1) is 12.8 Å². The van der Waals surface area contributed by atoms with Crippen molar-refractivity contribution in [2.75, 3.05) is 0 Å². The first-order valence-corrected chi connectivity index (χ1v) is 11.9. The quantitative estimate of drug-likeness (QED) is 0.580. The van der Waals surface area contributed by atoms with Crippen LogP contribution in [-0.2, 0) is 13.5 Å². The van der Waals surface area contributed by atoms with E-state index in [2.05, 4.69) is 74.4 Å². The SMILES string of the molecule is Cc1cc(-c2ccn(C)c(=O)c2)ccc1-c1ccc(CCC2CC(C)(C)NC(C)(C)C2)nn1. The molecule has 1 aliphatic rings. The summed E-state index contributed by atoms with van der Waals surface area (Å²) >= 11 is 0. The molecular weight excluding hydrogens is 408 g/mol. The first-order chi connectivity index (χ1) is 15.5. The lowest BCUT2D eigenvalue weighted by atomic mass is 9.74. The van der Waals surface area contributed by atoms with Gasteiger partial charge in [0.2, 0.25) is 0 Å². The van der Waals surface area contributed by atoms with E-state index in [0.29, 0.717) is 5.92 Å². The van der Waals surface area contributed by atoms with Crippen LogP contribution in [0.15, 0.2) is 53.5 Å². The van der Waals surface area contributed by atoms with E-state index in [0.717, 1.165) is 46.5 Å². The van der Waals surface area contributed by atoms with E-state index in [1.165, 1.54) is 12.8 Å². The van der Waals surface area contributed by atoms with Crippen LogP contribution in [0.5, 0.6) is 0 Å². The molecule has 0 radical (unpaired) electrons. The molecule has 0 saturated carbocycles. The molecule has 1 saturated heterocycles. The van der Waals surface area contributed by atoms with Crippen LogP contribution in [0.3, 0.4) is 0 Å². The maximum Gasteiger partial charge on any atom is 0.250 e. The Morgan fingerprint density at radius 2 is 1.67 bits per heavy atom. The number of benzene rings is 1. The van der Waals surface area contributed by atoms with Gasteiger partial charge in [0, 0.05) is 36.0 Å². The number of piperidine rings is 1. The number of aromatic nitrogens is 3. The Labute approximate surface area is 197 Å². The Bertz CT molecular complexity index is 1180. The molecule has 0 amide bonds. The van der Waals surface area contributed by atoms with Crippen LogP contribution in [-0.4, -0.2) is 25.8 Å². The molecule has 5 nitrogen and oxygen atoms in total. The third kappa shape index (κ3) is 5.59. The first-order valence-electron chi connectivity index (χ1n) is 11.9. The second kappa shape index (κ2) is 8.86. The summed E-state index contributed by atoms with van der Waals surface area (Å²) in [4.78, 5) is 12.0. The molecule has 0 atom stereocenters. The molecular formula is C28H36N4O. The Hall–Kier alpha value is -2.79. The van der Waals surface area contributed by atoms with Gasteiger partial charge in [-0.05, 0) is 101 Å². The molecule has 174 valence electrons. The average Bonchev–Trinajstić information content (AvgIpc) is 2.72. The van der Waals surface area contributed by atoms with Crippen molar-refractivity contribution in [3.63, 3.8) is 0 Å². The molecule has 4 rings (SSSR count). The highest BCUT2D eigenvalue weighted by atomic mass is 16.1. The fourth-order valence-electron chi connectivity index (χ4n) is 5.59. The Morgan fingerprint density at radius 3 is 2.27 bits per heavy atom. The number of nitrogens with one attached hydrogen (secondary N) is 1. The number of pyridine rings is 1. The summed E-state index contributed by atoms with van der Waals surface area (Å²) in [6.07, 6.45) is 6.30. The lowest BCUT2D eigenvalue weighted by molar-refractivity contribution is 0.123. The third-order valence-electron chi connectivity index (χ3n) is 6.74. The molecule has 3 aromatic rings. The summed E-state index contributed by atoms with van der Waals surface area (Å²) in [6.45, 7) is 11.3. The van der Waals surface area contributed by atoms with Crippen molar-refractivity contribution < 1.29 is 0 Å². The Kier molecular flexibility index (Phi) is 6.28. The van der Waals surface area contributed by atoms with Gasteiger partial charge in [0.05, 0.1) is 11.4 Å². The smallest absolute Gasteiger partial charge is 0.250 e. The van der Waals surface area contributed by atoms with Gasteiger partial charge in [0.25, 0.3) is 5.56 Å². The molecule has 1 aromatic carbocycles. The molecule has 1 N–H and O–H groups in total. The topological polar surface area (TPSA) is 59.8 Å². The van der Waals surface area contributed by atoms with Crippen LogP contribution in [0.4, 0.5) is 0 Å². The summed E-state index contributed by atoms with van der Waals surface area (Å²) in [5.41, 5.74) is 6.45. The van der Waals surface area contributed by atoms with Crippen LogP contribution in [0.1, 0.15) is 58.2 Å². The van der Waals surface area contributed by atoms with Gasteiger partial charge in [-0.15, -0.1) is 0 Å². The Balaban J connectivity index is 1.45. The maximum atomic E-state index is 12.0. The Morgan fingerprint density at radius 1 is 0.970 bits per heavy atom. The zero-order valence-electron chi connectivity index (χ0n) is 20.8. The van der Waals surface area contributed by atoms with Crippen LogP contribution >= 0.6 is 0 Å². The minimum absolute atomic E-state index is 0.00713. The monoisotopic (exact) mass is 444 g/mol. The molecule has 33 heavy (non-hydrogen) atoms. The van der Waals surface area contributed by atoms with Crippen molar-refractivity contribution in [1.29, 1.82) is 0 Å². The van der Waals surface area contributed by atoms with Gasteiger partial charge in [-0.3, -0.25) is 4.79 Å². The van der Waals surface area contributed by atoms with Crippen molar-refractivity contribution in [3.05, 3.63) is 70.3 Å². The van der Waals surface area contributed by atoms with E-state index >= 15 is 0 Å². The predicted molar refractivity (Wildman–Crippen MR) is 135 cm³/mol. The van der Waals surface area contributed by atoms with E-state index in [9.17, 15) is 4.79 Å². The molecule has 5 heteroatoms. The molecule has 2 aromatic heterocycles. The van der Waals surface area contributed by atoms with E-state index in [1.807, 2.05) is 12.1 Å². The molecule has 0 bridgehead atoms. The van der Waals surface area contributed by atoms with Crippen LogP contribution in [0.25, 0.3) is 22.4 Å². The summed E-state index contributed by atoms with van der Waals surface area (Å²) in [5, 5.41) is 12.9. The summed E-state index contributed by atoms with van der Waals surface area (Å²) in [5.74, 6) is 0.697. The van der Waals surface area contributed by atoms with Gasteiger partial charge in [-0.25, -0.2) is 0 Å². The zero-order chi connectivity index (χ0) is 23.8. The van der Waals surface area contributed by atoms with E-state index in [-0.39, 0.29) is 16.6 Å². The first kappa shape index (κ1) is 23.4. The minimum Gasteiger partial charge on any atom is -0.319 e. The maximum absolute atomic E-state index is 12.0. The number of rotatable bonds is 5. The fourth-order valence-corrected chi connectivity index (χ4v) is 5.59. The van der Waals surface area contributed by atoms with Crippen molar-refractivity contribution in [1.82, 2.24) is 20.1 Å². The van der Waals surface area contributed by atoms with Crippen molar-refractivity contribution in [3.8, 4) is 22.4 Å². The molecule has 0 spiro atoms. The summed E-state index contributed by atoms with van der Waals surface area (Å²) in [7, 11) is 1.76. The lowest BCUT2D eigenvalue weighted by Crippen LogP contribution is -2.57. The molecule has 1 fully saturated rings. The second-order valence-corrected chi connectivity index (χ2v) is 11.0. The zero-order valence-corrected chi connectivity index (χ0v) is 20.8. The summed E-state index contributed by atoms with van der Waals surface area (Å²) < 4.78 is 1.58. The number of nitrogens with zero attached hydrogens (tertiary/aromatic N) is 3. The standard InChI is InChI=1S/C28H36N4O/c1-19-15-21(22-13-14-32(6)26(33)16-22)8-11-24(19)25-12-10-23(29-30-25)9-7-20-17-27(2,3)31-28(4,5)18-20/h8,10-16,20,31H,7,9,17-18H2,1-6H3. The highest BCUT2D eigenvalue weighted by Gasteiger charge is 2.37. The van der Waals surface area contributed by atoms with Gasteiger partial charge in [-0.2, -0.15) is 10.2 Å². The van der Waals surface area contributed by atoms with Gasteiger partial charge in [0.15, 0.2) is 0 Å². The van der Waals surface area contributed by atoms with E-state index in [1.54, 1.807) is 23.9 Å².